The molecule has 4 rings (SSSR count). The van der Waals surface area contributed by atoms with Crippen LogP contribution in [0.2, 0.25) is 5.02 Å². The van der Waals surface area contributed by atoms with Gasteiger partial charge in [-0.05, 0) is 30.3 Å². The normalized spacial score (nSPS) is 15.8. The molecular formula is C19H19ClN4O2S. The number of sulfonamides is 1. The number of para-hydroxylation sites is 1. The Morgan fingerprint density at radius 2 is 1.59 bits per heavy atom. The Balaban J connectivity index is 1.48. The van der Waals surface area contributed by atoms with Gasteiger partial charge in [0.2, 0.25) is 10.0 Å². The fourth-order valence-electron chi connectivity index (χ4n) is 3.17. The van der Waals surface area contributed by atoms with Crippen molar-refractivity contribution >= 4 is 27.3 Å². The molecule has 0 radical (unpaired) electrons. The molecule has 140 valence electrons. The molecule has 2 heterocycles. The van der Waals surface area contributed by atoms with Crippen molar-refractivity contribution in [3.63, 3.8) is 0 Å². The van der Waals surface area contributed by atoms with Gasteiger partial charge >= 0.3 is 0 Å². The Kier molecular flexibility index (Phi) is 4.90. The van der Waals surface area contributed by atoms with Crippen molar-refractivity contribution in [2.75, 3.05) is 31.1 Å². The molecule has 3 aromatic rings. The van der Waals surface area contributed by atoms with E-state index >= 15 is 0 Å². The summed E-state index contributed by atoms with van der Waals surface area (Å²) >= 11 is 6.06. The van der Waals surface area contributed by atoms with Gasteiger partial charge in [-0.25, -0.2) is 13.1 Å². The SMILES string of the molecule is O=S(=O)(c1cnn(-c2ccccc2)c1)N1CCN(c2cccc(Cl)c2)CC1. The van der Waals surface area contributed by atoms with E-state index in [1.165, 1.54) is 10.5 Å². The highest BCUT2D eigenvalue weighted by Crippen LogP contribution is 2.23. The lowest BCUT2D eigenvalue weighted by Crippen LogP contribution is -2.48. The molecular weight excluding hydrogens is 384 g/mol. The average molecular weight is 403 g/mol. The molecule has 6 nitrogen and oxygen atoms in total. The highest BCUT2D eigenvalue weighted by atomic mass is 35.5. The summed E-state index contributed by atoms with van der Waals surface area (Å²) in [5.41, 5.74) is 1.83. The quantitative estimate of drug-likeness (QED) is 0.673. The summed E-state index contributed by atoms with van der Waals surface area (Å²) in [5, 5.41) is 4.88. The van der Waals surface area contributed by atoms with Crippen LogP contribution < -0.4 is 4.90 Å². The number of benzene rings is 2. The summed E-state index contributed by atoms with van der Waals surface area (Å²) in [5.74, 6) is 0. The minimum atomic E-state index is -3.57. The Labute approximate surface area is 163 Å². The average Bonchev–Trinajstić information content (AvgIpc) is 3.20. The lowest BCUT2D eigenvalue weighted by atomic mass is 10.2. The van der Waals surface area contributed by atoms with Crippen LogP contribution in [0.5, 0.6) is 0 Å². The van der Waals surface area contributed by atoms with Gasteiger partial charge in [0.15, 0.2) is 0 Å². The molecule has 0 bridgehead atoms. The summed E-state index contributed by atoms with van der Waals surface area (Å²) in [6.45, 7) is 2.08. The van der Waals surface area contributed by atoms with Gasteiger partial charge in [-0.3, -0.25) is 0 Å². The van der Waals surface area contributed by atoms with E-state index in [4.69, 9.17) is 11.6 Å². The predicted octanol–water partition coefficient (Wildman–Crippen LogP) is 3.04. The van der Waals surface area contributed by atoms with Crippen molar-refractivity contribution in [1.29, 1.82) is 0 Å². The van der Waals surface area contributed by atoms with Crippen LogP contribution in [0, 0.1) is 0 Å². The Morgan fingerprint density at radius 3 is 2.30 bits per heavy atom. The zero-order valence-corrected chi connectivity index (χ0v) is 16.1. The van der Waals surface area contributed by atoms with Crippen LogP contribution in [0.25, 0.3) is 5.69 Å². The first-order chi connectivity index (χ1) is 13.0. The van der Waals surface area contributed by atoms with Crippen LogP contribution >= 0.6 is 11.6 Å². The maximum atomic E-state index is 13.0. The Bertz CT molecular complexity index is 1030. The second-order valence-electron chi connectivity index (χ2n) is 6.33. The van der Waals surface area contributed by atoms with E-state index in [2.05, 4.69) is 10.00 Å². The highest BCUT2D eigenvalue weighted by Gasteiger charge is 2.29. The molecule has 0 unspecified atom stereocenters. The van der Waals surface area contributed by atoms with Crippen molar-refractivity contribution < 1.29 is 8.42 Å². The van der Waals surface area contributed by atoms with Crippen molar-refractivity contribution in [2.24, 2.45) is 0 Å². The van der Waals surface area contributed by atoms with Crippen LogP contribution in [-0.4, -0.2) is 48.7 Å². The van der Waals surface area contributed by atoms with E-state index in [9.17, 15) is 8.42 Å². The van der Waals surface area contributed by atoms with Gasteiger partial charge in [-0.1, -0.05) is 35.9 Å². The monoisotopic (exact) mass is 402 g/mol. The smallest absolute Gasteiger partial charge is 0.246 e. The van der Waals surface area contributed by atoms with E-state index in [0.717, 1.165) is 11.4 Å². The van der Waals surface area contributed by atoms with Gasteiger partial charge in [-0.15, -0.1) is 0 Å². The highest BCUT2D eigenvalue weighted by molar-refractivity contribution is 7.89. The minimum absolute atomic E-state index is 0.211. The zero-order chi connectivity index (χ0) is 18.9. The second-order valence-corrected chi connectivity index (χ2v) is 8.70. The number of rotatable bonds is 4. The van der Waals surface area contributed by atoms with Crippen LogP contribution in [0.4, 0.5) is 5.69 Å². The van der Waals surface area contributed by atoms with Crippen LogP contribution in [-0.2, 0) is 10.0 Å². The molecule has 1 fully saturated rings. The zero-order valence-electron chi connectivity index (χ0n) is 14.6. The summed E-state index contributed by atoms with van der Waals surface area (Å²) < 4.78 is 29.0. The van der Waals surface area contributed by atoms with Crippen LogP contribution in [0.3, 0.4) is 0 Å². The van der Waals surface area contributed by atoms with Gasteiger partial charge < -0.3 is 4.90 Å². The first-order valence-electron chi connectivity index (χ1n) is 8.65. The third-order valence-corrected chi connectivity index (χ3v) is 6.72. The molecule has 1 aromatic heterocycles. The number of aromatic nitrogens is 2. The molecule has 0 aliphatic carbocycles. The number of halogens is 1. The maximum absolute atomic E-state index is 13.0. The number of hydrogen-bond donors (Lipinski definition) is 0. The summed E-state index contributed by atoms with van der Waals surface area (Å²) in [6.07, 6.45) is 2.97. The van der Waals surface area contributed by atoms with Crippen molar-refractivity contribution in [1.82, 2.24) is 14.1 Å². The van der Waals surface area contributed by atoms with Gasteiger partial charge in [0.1, 0.15) is 4.90 Å². The van der Waals surface area contributed by atoms with Gasteiger partial charge in [0.05, 0.1) is 18.1 Å². The van der Waals surface area contributed by atoms with Crippen LogP contribution in [0.15, 0.2) is 71.9 Å². The van der Waals surface area contributed by atoms with Gasteiger partial charge in [-0.2, -0.15) is 9.40 Å². The molecule has 27 heavy (non-hydrogen) atoms. The number of anilines is 1. The minimum Gasteiger partial charge on any atom is -0.369 e. The van der Waals surface area contributed by atoms with E-state index < -0.39 is 10.0 Å². The number of hydrogen-bond acceptors (Lipinski definition) is 4. The lowest BCUT2D eigenvalue weighted by molar-refractivity contribution is 0.385. The Hall–Kier alpha value is -2.35. The molecule has 0 N–H and O–H groups in total. The predicted molar refractivity (Wildman–Crippen MR) is 106 cm³/mol. The summed E-state index contributed by atoms with van der Waals surface area (Å²) in [4.78, 5) is 2.35. The Morgan fingerprint density at radius 1 is 0.889 bits per heavy atom. The van der Waals surface area contributed by atoms with Gasteiger partial charge in [0.25, 0.3) is 0 Å². The third kappa shape index (κ3) is 3.71. The molecule has 1 aliphatic rings. The van der Waals surface area contributed by atoms with Crippen molar-refractivity contribution in [2.45, 2.75) is 4.90 Å². The van der Waals surface area contributed by atoms with Crippen molar-refractivity contribution in [3.05, 3.63) is 72.0 Å². The maximum Gasteiger partial charge on any atom is 0.246 e. The fraction of sp³-hybridized carbons (Fsp3) is 0.211. The van der Waals surface area contributed by atoms with Crippen LogP contribution in [0.1, 0.15) is 0 Å². The second kappa shape index (κ2) is 7.34. The summed E-state index contributed by atoms with van der Waals surface area (Å²) in [6, 6.07) is 17.1. The van der Waals surface area contributed by atoms with Gasteiger partial charge in [0, 0.05) is 36.9 Å². The van der Waals surface area contributed by atoms with E-state index in [-0.39, 0.29) is 4.90 Å². The molecule has 0 atom stereocenters. The fourth-order valence-corrected chi connectivity index (χ4v) is 4.71. The molecule has 1 aliphatic heterocycles. The molecule has 2 aromatic carbocycles. The molecule has 8 heteroatoms. The molecule has 0 spiro atoms. The molecule has 0 saturated carbocycles. The largest absolute Gasteiger partial charge is 0.369 e. The molecule has 1 saturated heterocycles. The van der Waals surface area contributed by atoms with E-state index in [1.807, 2.05) is 54.6 Å². The third-order valence-electron chi connectivity index (χ3n) is 4.63. The first kappa shape index (κ1) is 18.0. The molecule has 0 amide bonds. The lowest BCUT2D eigenvalue weighted by Gasteiger charge is -2.35. The first-order valence-corrected chi connectivity index (χ1v) is 10.5. The summed E-state index contributed by atoms with van der Waals surface area (Å²) in [7, 11) is -3.57. The van der Waals surface area contributed by atoms with E-state index in [1.54, 1.807) is 10.9 Å². The topological polar surface area (TPSA) is 58.4 Å². The van der Waals surface area contributed by atoms with E-state index in [0.29, 0.717) is 31.2 Å². The number of piperazine rings is 1. The standard InChI is InChI=1S/C19H19ClN4O2S/c20-16-5-4-8-18(13-16)22-9-11-23(12-10-22)27(25,26)19-14-21-24(15-19)17-6-2-1-3-7-17/h1-8,13-15H,9-12H2. The van der Waals surface area contributed by atoms with Crippen molar-refractivity contribution in [3.8, 4) is 5.69 Å². The number of nitrogens with zero attached hydrogens (tertiary/aromatic N) is 4.